The lowest BCUT2D eigenvalue weighted by Gasteiger charge is -2.50. The molecule has 2 nitrogen and oxygen atoms in total. The topological polar surface area (TPSA) is 18.5 Å². The smallest absolute Gasteiger partial charge is 0.168 e. The summed E-state index contributed by atoms with van der Waals surface area (Å²) in [5.41, 5.74) is 0.145. The van der Waals surface area contributed by atoms with Crippen molar-refractivity contribution in [2.24, 2.45) is 11.3 Å². The minimum atomic E-state index is -0.249. The van der Waals surface area contributed by atoms with E-state index in [-0.39, 0.29) is 11.2 Å². The van der Waals surface area contributed by atoms with Crippen LogP contribution in [0.5, 0.6) is 0 Å². The molecule has 0 aromatic heterocycles. The van der Waals surface area contributed by atoms with Crippen LogP contribution in [-0.2, 0) is 9.47 Å². The maximum atomic E-state index is 6.45. The van der Waals surface area contributed by atoms with Crippen LogP contribution in [0.3, 0.4) is 0 Å². The van der Waals surface area contributed by atoms with E-state index in [1.807, 2.05) is 0 Å². The quantitative estimate of drug-likeness (QED) is 0.686. The van der Waals surface area contributed by atoms with E-state index >= 15 is 0 Å². The van der Waals surface area contributed by atoms with Crippen LogP contribution in [0.25, 0.3) is 0 Å². The zero-order valence-electron chi connectivity index (χ0n) is 11.9. The highest BCUT2D eigenvalue weighted by Gasteiger charge is 2.47. The molecule has 2 heteroatoms. The van der Waals surface area contributed by atoms with Crippen LogP contribution in [0.4, 0.5) is 0 Å². The highest BCUT2D eigenvalue weighted by Crippen LogP contribution is 2.43. The molecular formula is C15H28O2. The molecule has 0 amide bonds. The van der Waals surface area contributed by atoms with E-state index in [1.165, 1.54) is 25.7 Å². The molecule has 1 aliphatic carbocycles. The normalized spacial score (nSPS) is 32.6. The van der Waals surface area contributed by atoms with Crippen molar-refractivity contribution >= 4 is 0 Å². The zero-order valence-corrected chi connectivity index (χ0v) is 11.9. The molecule has 100 valence electrons. The Bertz CT molecular complexity index is 250. The fourth-order valence-corrected chi connectivity index (χ4v) is 3.39. The average Bonchev–Trinajstić information content (AvgIpc) is 2.48. The molecule has 1 atom stereocenters. The molecule has 1 heterocycles. The van der Waals surface area contributed by atoms with Gasteiger partial charge in [-0.05, 0) is 18.8 Å². The van der Waals surface area contributed by atoms with Gasteiger partial charge in [0.15, 0.2) is 5.79 Å². The van der Waals surface area contributed by atoms with Crippen molar-refractivity contribution in [3.05, 3.63) is 0 Å². The summed E-state index contributed by atoms with van der Waals surface area (Å²) < 4.78 is 12.6. The van der Waals surface area contributed by atoms with Gasteiger partial charge in [-0.3, -0.25) is 0 Å². The number of hydrogen-bond acceptors (Lipinski definition) is 2. The number of hydrogen-bond donors (Lipinski definition) is 0. The molecule has 17 heavy (non-hydrogen) atoms. The third-order valence-electron chi connectivity index (χ3n) is 4.29. The Morgan fingerprint density at radius 2 is 1.59 bits per heavy atom. The van der Waals surface area contributed by atoms with Gasteiger partial charge in [0.25, 0.3) is 0 Å². The minimum Gasteiger partial charge on any atom is -0.349 e. The molecule has 0 bridgehead atoms. The lowest BCUT2D eigenvalue weighted by Crippen LogP contribution is -2.54. The van der Waals surface area contributed by atoms with E-state index in [4.69, 9.17) is 9.47 Å². The Balaban J connectivity index is 2.11. The van der Waals surface area contributed by atoms with Gasteiger partial charge in [0.05, 0.1) is 12.7 Å². The first kappa shape index (κ1) is 13.4. The van der Waals surface area contributed by atoms with Crippen LogP contribution in [0.2, 0.25) is 0 Å². The molecular weight excluding hydrogens is 212 g/mol. The van der Waals surface area contributed by atoms with E-state index in [9.17, 15) is 0 Å². The van der Waals surface area contributed by atoms with Crippen LogP contribution in [0, 0.1) is 11.3 Å². The first-order valence-corrected chi connectivity index (χ1v) is 7.27. The third kappa shape index (κ3) is 2.85. The van der Waals surface area contributed by atoms with Gasteiger partial charge in [-0.15, -0.1) is 0 Å². The fourth-order valence-electron chi connectivity index (χ4n) is 3.39. The highest BCUT2D eigenvalue weighted by atomic mass is 16.7. The SMILES string of the molecule is CC(C)C1OC2(CCCCCC2)OCC1(C)C. The van der Waals surface area contributed by atoms with Crippen molar-refractivity contribution in [3.63, 3.8) is 0 Å². The molecule has 0 aromatic rings. The maximum absolute atomic E-state index is 6.45. The van der Waals surface area contributed by atoms with Crippen LogP contribution < -0.4 is 0 Å². The van der Waals surface area contributed by atoms with Gasteiger partial charge in [0.2, 0.25) is 0 Å². The standard InChI is InChI=1S/C15H28O2/c1-12(2)13-14(3,4)11-16-15(17-13)9-7-5-6-8-10-15/h12-13H,5-11H2,1-4H3. The summed E-state index contributed by atoms with van der Waals surface area (Å²) in [5.74, 6) is 0.315. The molecule has 1 saturated carbocycles. The summed E-state index contributed by atoms with van der Waals surface area (Å²) >= 11 is 0. The first-order chi connectivity index (χ1) is 7.95. The lowest BCUT2D eigenvalue weighted by atomic mass is 9.79. The van der Waals surface area contributed by atoms with E-state index in [2.05, 4.69) is 27.7 Å². The van der Waals surface area contributed by atoms with Gasteiger partial charge in [-0.25, -0.2) is 0 Å². The predicted molar refractivity (Wildman–Crippen MR) is 69.9 cm³/mol. The van der Waals surface area contributed by atoms with Crippen molar-refractivity contribution in [3.8, 4) is 0 Å². The zero-order chi connectivity index (χ0) is 12.5. The lowest BCUT2D eigenvalue weighted by molar-refractivity contribution is -0.340. The summed E-state index contributed by atoms with van der Waals surface area (Å²) in [6.07, 6.45) is 7.69. The summed E-state index contributed by atoms with van der Waals surface area (Å²) in [6, 6.07) is 0. The van der Waals surface area contributed by atoms with Crippen molar-refractivity contribution in [2.75, 3.05) is 6.61 Å². The van der Waals surface area contributed by atoms with Gasteiger partial charge in [0, 0.05) is 18.3 Å². The fraction of sp³-hybridized carbons (Fsp3) is 1.00. The molecule has 2 rings (SSSR count). The monoisotopic (exact) mass is 240 g/mol. The van der Waals surface area contributed by atoms with E-state index in [0.29, 0.717) is 12.0 Å². The van der Waals surface area contributed by atoms with Crippen LogP contribution in [0.15, 0.2) is 0 Å². The molecule has 1 aliphatic heterocycles. The predicted octanol–water partition coefficient (Wildman–Crippen LogP) is 4.13. The average molecular weight is 240 g/mol. The molecule has 0 N–H and O–H groups in total. The van der Waals surface area contributed by atoms with Gasteiger partial charge < -0.3 is 9.47 Å². The third-order valence-corrected chi connectivity index (χ3v) is 4.29. The van der Waals surface area contributed by atoms with Gasteiger partial charge >= 0.3 is 0 Å². The van der Waals surface area contributed by atoms with Crippen LogP contribution in [-0.4, -0.2) is 18.5 Å². The summed E-state index contributed by atoms with van der Waals surface area (Å²) in [4.78, 5) is 0. The molecule has 0 aromatic carbocycles. The van der Waals surface area contributed by atoms with Crippen molar-refractivity contribution in [2.45, 2.75) is 78.1 Å². The van der Waals surface area contributed by atoms with E-state index in [0.717, 1.165) is 19.4 Å². The Kier molecular flexibility index (Phi) is 3.84. The molecule has 0 radical (unpaired) electrons. The number of rotatable bonds is 1. The molecule has 2 aliphatic rings. The van der Waals surface area contributed by atoms with Crippen molar-refractivity contribution in [1.29, 1.82) is 0 Å². The van der Waals surface area contributed by atoms with Gasteiger partial charge in [-0.1, -0.05) is 40.5 Å². The summed E-state index contributed by atoms with van der Waals surface area (Å²) in [6.45, 7) is 9.91. The number of ether oxygens (including phenoxy) is 2. The Morgan fingerprint density at radius 3 is 2.12 bits per heavy atom. The summed E-state index contributed by atoms with van der Waals surface area (Å²) in [5, 5.41) is 0. The van der Waals surface area contributed by atoms with Gasteiger partial charge in [0.1, 0.15) is 0 Å². The van der Waals surface area contributed by atoms with Crippen LogP contribution >= 0.6 is 0 Å². The van der Waals surface area contributed by atoms with E-state index in [1.54, 1.807) is 0 Å². The van der Waals surface area contributed by atoms with E-state index < -0.39 is 0 Å². The second-order valence-corrected chi connectivity index (χ2v) is 6.88. The summed E-state index contributed by atoms with van der Waals surface area (Å²) in [7, 11) is 0. The molecule has 1 spiro atoms. The van der Waals surface area contributed by atoms with Crippen molar-refractivity contribution < 1.29 is 9.47 Å². The molecule has 1 saturated heterocycles. The maximum Gasteiger partial charge on any atom is 0.168 e. The Hall–Kier alpha value is -0.0800. The highest BCUT2D eigenvalue weighted by molar-refractivity contribution is 4.90. The molecule has 2 fully saturated rings. The molecule has 1 unspecified atom stereocenters. The second-order valence-electron chi connectivity index (χ2n) is 6.88. The van der Waals surface area contributed by atoms with Crippen molar-refractivity contribution in [1.82, 2.24) is 0 Å². The largest absolute Gasteiger partial charge is 0.349 e. The van der Waals surface area contributed by atoms with Crippen LogP contribution in [0.1, 0.15) is 66.2 Å². The second kappa shape index (κ2) is 4.89. The Labute approximate surface area is 106 Å². The Morgan fingerprint density at radius 1 is 1.00 bits per heavy atom. The minimum absolute atomic E-state index is 0.145. The van der Waals surface area contributed by atoms with Gasteiger partial charge in [-0.2, -0.15) is 0 Å². The first-order valence-electron chi connectivity index (χ1n) is 7.27.